The number of ether oxygens (including phenoxy) is 2. The van der Waals surface area contributed by atoms with Gasteiger partial charge in [-0.05, 0) is 31.0 Å². The van der Waals surface area contributed by atoms with E-state index >= 15 is 0 Å². The summed E-state index contributed by atoms with van der Waals surface area (Å²) >= 11 is 6.02. The molecule has 7 heteroatoms. The normalized spacial score (nSPS) is 17.3. The number of halogens is 1. The topological polar surface area (TPSA) is 66.2 Å². The van der Waals surface area contributed by atoms with Gasteiger partial charge < -0.3 is 14.0 Å². The van der Waals surface area contributed by atoms with Crippen molar-refractivity contribution in [3.63, 3.8) is 0 Å². The van der Waals surface area contributed by atoms with Crippen LogP contribution in [-0.4, -0.2) is 35.0 Å². The van der Waals surface area contributed by atoms with Crippen molar-refractivity contribution in [3.05, 3.63) is 29.0 Å². The number of esters is 1. The Balaban J connectivity index is 1.94. The minimum Gasteiger partial charge on any atom is -0.496 e. The monoisotopic (exact) mass is 335 g/mol. The SMILES string of the molecule is COC(=O)C1CCc2nnc(-c3ccc(Cl)cc3OC)n2CC1. The molecule has 0 N–H and O–H groups in total. The highest BCUT2D eigenvalue weighted by Crippen LogP contribution is 2.33. The summed E-state index contributed by atoms with van der Waals surface area (Å²) in [7, 11) is 3.03. The van der Waals surface area contributed by atoms with Crippen molar-refractivity contribution in [2.45, 2.75) is 25.8 Å². The van der Waals surface area contributed by atoms with Gasteiger partial charge in [0.25, 0.3) is 0 Å². The molecule has 0 aliphatic carbocycles. The Morgan fingerprint density at radius 1 is 1.30 bits per heavy atom. The average molecular weight is 336 g/mol. The van der Waals surface area contributed by atoms with Gasteiger partial charge in [-0.15, -0.1) is 10.2 Å². The zero-order valence-electron chi connectivity index (χ0n) is 13.1. The summed E-state index contributed by atoms with van der Waals surface area (Å²) in [6, 6.07) is 5.43. The van der Waals surface area contributed by atoms with Crippen molar-refractivity contribution < 1.29 is 14.3 Å². The zero-order chi connectivity index (χ0) is 16.4. The van der Waals surface area contributed by atoms with Gasteiger partial charge >= 0.3 is 5.97 Å². The van der Waals surface area contributed by atoms with Gasteiger partial charge in [0, 0.05) is 18.0 Å². The van der Waals surface area contributed by atoms with E-state index in [1.165, 1.54) is 7.11 Å². The number of fused-ring (bicyclic) bond motifs is 1. The van der Waals surface area contributed by atoms with Crippen LogP contribution in [0.5, 0.6) is 5.75 Å². The number of nitrogens with zero attached hydrogens (tertiary/aromatic N) is 3. The van der Waals surface area contributed by atoms with Crippen molar-refractivity contribution in [2.24, 2.45) is 5.92 Å². The van der Waals surface area contributed by atoms with Gasteiger partial charge in [-0.2, -0.15) is 0 Å². The number of hydrogen-bond donors (Lipinski definition) is 0. The third-order valence-electron chi connectivity index (χ3n) is 4.18. The maximum Gasteiger partial charge on any atom is 0.308 e. The predicted molar refractivity (Wildman–Crippen MR) is 85.5 cm³/mol. The highest BCUT2D eigenvalue weighted by atomic mass is 35.5. The van der Waals surface area contributed by atoms with Gasteiger partial charge in [0.1, 0.15) is 11.6 Å². The molecular weight excluding hydrogens is 318 g/mol. The van der Waals surface area contributed by atoms with Crippen LogP contribution in [0.2, 0.25) is 5.02 Å². The molecule has 2 aromatic rings. The average Bonchev–Trinajstić information content (AvgIpc) is 2.85. The Morgan fingerprint density at radius 2 is 2.13 bits per heavy atom. The van der Waals surface area contributed by atoms with Crippen LogP contribution in [0.4, 0.5) is 0 Å². The highest BCUT2D eigenvalue weighted by Gasteiger charge is 2.26. The van der Waals surface area contributed by atoms with Gasteiger partial charge in [-0.1, -0.05) is 11.6 Å². The number of rotatable bonds is 3. The van der Waals surface area contributed by atoms with Crippen molar-refractivity contribution in [2.75, 3.05) is 14.2 Å². The molecule has 1 unspecified atom stereocenters. The fraction of sp³-hybridized carbons (Fsp3) is 0.438. The molecule has 0 saturated heterocycles. The number of aryl methyl sites for hydroxylation is 1. The van der Waals surface area contributed by atoms with E-state index in [9.17, 15) is 4.79 Å². The van der Waals surface area contributed by atoms with Crippen molar-refractivity contribution >= 4 is 17.6 Å². The van der Waals surface area contributed by atoms with Crippen LogP contribution < -0.4 is 4.74 Å². The van der Waals surface area contributed by atoms with E-state index in [-0.39, 0.29) is 11.9 Å². The standard InChI is InChI=1S/C16H18ClN3O3/c1-22-13-9-11(17)4-5-12(13)15-19-18-14-6-3-10(16(21)23-2)7-8-20(14)15/h4-5,9-10H,3,6-8H2,1-2H3. The van der Waals surface area contributed by atoms with Gasteiger partial charge in [0.2, 0.25) is 0 Å². The number of hydrogen-bond acceptors (Lipinski definition) is 5. The number of carbonyl (C=O) groups is 1. The maximum atomic E-state index is 11.8. The summed E-state index contributed by atoms with van der Waals surface area (Å²) < 4.78 is 12.3. The fourth-order valence-corrected chi connectivity index (χ4v) is 3.10. The molecule has 0 amide bonds. The zero-order valence-corrected chi connectivity index (χ0v) is 13.8. The van der Waals surface area contributed by atoms with E-state index in [2.05, 4.69) is 14.8 Å². The summed E-state index contributed by atoms with van der Waals surface area (Å²) in [5, 5.41) is 9.20. The van der Waals surface area contributed by atoms with Crippen LogP contribution >= 0.6 is 11.6 Å². The minimum atomic E-state index is -0.158. The molecule has 1 aliphatic rings. The van der Waals surface area contributed by atoms with Crippen LogP contribution in [0, 0.1) is 5.92 Å². The number of carbonyl (C=O) groups excluding carboxylic acids is 1. The lowest BCUT2D eigenvalue weighted by Gasteiger charge is -2.12. The van der Waals surface area contributed by atoms with Crippen LogP contribution in [0.25, 0.3) is 11.4 Å². The molecule has 122 valence electrons. The van der Waals surface area contributed by atoms with Crippen LogP contribution in [0.3, 0.4) is 0 Å². The third kappa shape index (κ3) is 3.03. The second-order valence-corrected chi connectivity index (χ2v) is 5.92. The second kappa shape index (κ2) is 6.58. The van der Waals surface area contributed by atoms with Crippen LogP contribution in [0.15, 0.2) is 18.2 Å². The Morgan fingerprint density at radius 3 is 2.87 bits per heavy atom. The molecule has 0 radical (unpaired) electrons. The minimum absolute atomic E-state index is 0.0957. The van der Waals surface area contributed by atoms with E-state index < -0.39 is 0 Å². The molecular formula is C16H18ClN3O3. The summed E-state index contributed by atoms with van der Waals surface area (Å²) in [6.07, 6.45) is 2.13. The Hall–Kier alpha value is -2.08. The summed E-state index contributed by atoms with van der Waals surface area (Å²) in [5.41, 5.74) is 0.840. The van der Waals surface area contributed by atoms with Gasteiger partial charge in [-0.25, -0.2) is 0 Å². The summed E-state index contributed by atoms with van der Waals surface area (Å²) in [5.74, 6) is 2.01. The molecule has 23 heavy (non-hydrogen) atoms. The highest BCUT2D eigenvalue weighted by molar-refractivity contribution is 6.30. The third-order valence-corrected chi connectivity index (χ3v) is 4.42. The Bertz CT molecular complexity index is 729. The largest absolute Gasteiger partial charge is 0.496 e. The smallest absolute Gasteiger partial charge is 0.308 e. The van der Waals surface area contributed by atoms with Crippen molar-refractivity contribution in [3.8, 4) is 17.1 Å². The number of benzene rings is 1. The number of methoxy groups -OCH3 is 2. The number of aromatic nitrogens is 3. The molecule has 1 aromatic heterocycles. The lowest BCUT2D eigenvalue weighted by molar-refractivity contribution is -0.145. The van der Waals surface area contributed by atoms with Gasteiger partial charge in [0.15, 0.2) is 5.82 Å². The summed E-state index contributed by atoms with van der Waals surface area (Å²) in [6.45, 7) is 0.670. The first-order chi connectivity index (χ1) is 11.1. The molecule has 0 spiro atoms. The summed E-state index contributed by atoms with van der Waals surface area (Å²) in [4.78, 5) is 11.8. The first kappa shape index (κ1) is 15.8. The Kier molecular flexibility index (Phi) is 4.52. The Labute approximate surface area is 139 Å². The van der Waals surface area contributed by atoms with Crippen molar-refractivity contribution in [1.82, 2.24) is 14.8 Å². The molecule has 2 heterocycles. The van der Waals surface area contributed by atoms with Crippen LogP contribution in [0.1, 0.15) is 18.7 Å². The first-order valence-electron chi connectivity index (χ1n) is 7.48. The van der Waals surface area contributed by atoms with E-state index in [1.54, 1.807) is 19.2 Å². The van der Waals surface area contributed by atoms with Gasteiger partial charge in [-0.3, -0.25) is 4.79 Å². The molecule has 3 rings (SSSR count). The lowest BCUT2D eigenvalue weighted by atomic mass is 10.0. The van der Waals surface area contributed by atoms with E-state index in [0.29, 0.717) is 30.2 Å². The lowest BCUT2D eigenvalue weighted by Crippen LogP contribution is -2.17. The maximum absolute atomic E-state index is 11.8. The van der Waals surface area contributed by atoms with E-state index in [0.717, 1.165) is 23.6 Å². The quantitative estimate of drug-likeness (QED) is 0.807. The molecule has 1 atom stereocenters. The van der Waals surface area contributed by atoms with E-state index in [1.807, 2.05) is 6.07 Å². The van der Waals surface area contributed by atoms with Crippen molar-refractivity contribution in [1.29, 1.82) is 0 Å². The molecule has 0 saturated carbocycles. The molecule has 0 bridgehead atoms. The molecule has 6 nitrogen and oxygen atoms in total. The fourth-order valence-electron chi connectivity index (χ4n) is 2.94. The van der Waals surface area contributed by atoms with Gasteiger partial charge in [0.05, 0.1) is 25.7 Å². The van der Waals surface area contributed by atoms with E-state index in [4.69, 9.17) is 21.1 Å². The first-order valence-corrected chi connectivity index (χ1v) is 7.85. The predicted octanol–water partition coefficient (Wildman–Crippen LogP) is 2.73. The molecule has 1 aliphatic heterocycles. The molecule has 0 fully saturated rings. The second-order valence-electron chi connectivity index (χ2n) is 5.48. The van der Waals surface area contributed by atoms with Crippen LogP contribution in [-0.2, 0) is 22.5 Å². The molecule has 1 aromatic carbocycles.